The number of benzene rings is 2. The minimum Gasteiger partial charge on any atom is -0.435 e. The largest absolute Gasteiger partial charge is 0.435 e. The number of pyridine rings is 1. The molecule has 0 aliphatic rings. The Morgan fingerprint density at radius 3 is 2.57 bits per heavy atom. The molecule has 23 heavy (non-hydrogen) atoms. The van der Waals surface area contributed by atoms with E-state index in [0.717, 1.165) is 10.9 Å². The number of carbonyl (C=O) groups is 1. The summed E-state index contributed by atoms with van der Waals surface area (Å²) < 4.78 is 28.4. The molecular weight excluding hydrogens is 302 g/mol. The molecule has 1 amide bonds. The first-order valence-corrected chi connectivity index (χ1v) is 6.83. The number of hydrogen-bond donors (Lipinski definition) is 1. The summed E-state index contributed by atoms with van der Waals surface area (Å²) in [6.07, 6.45) is 1.56. The van der Waals surface area contributed by atoms with Crippen molar-refractivity contribution in [2.45, 2.75) is 6.61 Å². The molecule has 0 bridgehead atoms. The molecule has 1 heterocycles. The minimum absolute atomic E-state index is 0.00363. The highest BCUT2D eigenvalue weighted by atomic mass is 19.3. The van der Waals surface area contributed by atoms with Crippen molar-refractivity contribution >= 4 is 22.5 Å². The predicted molar refractivity (Wildman–Crippen MR) is 82.8 cm³/mol. The van der Waals surface area contributed by atoms with E-state index in [2.05, 4.69) is 15.0 Å². The monoisotopic (exact) mass is 314 g/mol. The molecule has 0 spiro atoms. The quantitative estimate of drug-likeness (QED) is 0.789. The van der Waals surface area contributed by atoms with Gasteiger partial charge in [0.1, 0.15) is 5.75 Å². The minimum atomic E-state index is -2.89. The number of nitrogens with one attached hydrogen (secondary N) is 1. The van der Waals surface area contributed by atoms with Crippen LogP contribution in [0.25, 0.3) is 10.9 Å². The highest BCUT2D eigenvalue weighted by molar-refractivity contribution is 6.04. The Kier molecular flexibility index (Phi) is 4.14. The number of para-hydroxylation sites is 1. The summed E-state index contributed by atoms with van der Waals surface area (Å²) in [6.45, 7) is -2.89. The molecule has 3 aromatic rings. The lowest BCUT2D eigenvalue weighted by atomic mass is 10.2. The number of hydrogen-bond acceptors (Lipinski definition) is 3. The summed E-state index contributed by atoms with van der Waals surface area (Å²) >= 11 is 0. The zero-order valence-electron chi connectivity index (χ0n) is 11.9. The van der Waals surface area contributed by atoms with Crippen LogP contribution in [0.3, 0.4) is 0 Å². The summed E-state index contributed by atoms with van der Waals surface area (Å²) in [7, 11) is 0. The zero-order chi connectivity index (χ0) is 16.2. The maximum absolute atomic E-state index is 12.2. The van der Waals surface area contributed by atoms with Crippen LogP contribution < -0.4 is 10.1 Å². The maximum atomic E-state index is 12.2. The van der Waals surface area contributed by atoms with Gasteiger partial charge in [-0.25, -0.2) is 0 Å². The molecule has 0 aliphatic carbocycles. The number of anilines is 1. The van der Waals surface area contributed by atoms with Crippen molar-refractivity contribution in [3.05, 3.63) is 66.4 Å². The van der Waals surface area contributed by atoms with Gasteiger partial charge in [0.25, 0.3) is 5.91 Å². The van der Waals surface area contributed by atoms with Gasteiger partial charge in [-0.15, -0.1) is 0 Å². The van der Waals surface area contributed by atoms with Crippen molar-refractivity contribution < 1.29 is 18.3 Å². The van der Waals surface area contributed by atoms with E-state index in [1.54, 1.807) is 6.20 Å². The summed E-state index contributed by atoms with van der Waals surface area (Å²) in [5.74, 6) is -0.352. The second-order valence-corrected chi connectivity index (χ2v) is 4.77. The van der Waals surface area contributed by atoms with Gasteiger partial charge in [0, 0.05) is 10.9 Å². The second kappa shape index (κ2) is 6.39. The SMILES string of the molecule is O=C(Nc1cnc2ccccc2c1)c1ccc(OC(F)F)cc1. The topological polar surface area (TPSA) is 51.2 Å². The third-order valence-electron chi connectivity index (χ3n) is 3.19. The van der Waals surface area contributed by atoms with Crippen molar-refractivity contribution in [1.82, 2.24) is 4.98 Å². The standard InChI is InChI=1S/C17H12F2N2O2/c18-17(19)23-14-7-5-11(6-8-14)16(22)21-13-9-12-3-1-2-4-15(12)20-10-13/h1-10,17H,(H,21,22). The van der Waals surface area contributed by atoms with Crippen LogP contribution in [0.5, 0.6) is 5.75 Å². The Bertz CT molecular complexity index is 835. The van der Waals surface area contributed by atoms with Gasteiger partial charge in [-0.05, 0) is 36.4 Å². The van der Waals surface area contributed by atoms with Crippen LogP contribution in [0.15, 0.2) is 60.8 Å². The molecular formula is C17H12F2N2O2. The van der Waals surface area contributed by atoms with E-state index in [9.17, 15) is 13.6 Å². The molecule has 1 aromatic heterocycles. The summed E-state index contributed by atoms with van der Waals surface area (Å²) in [6, 6.07) is 14.8. The first-order chi connectivity index (χ1) is 11.1. The number of alkyl halides is 2. The van der Waals surface area contributed by atoms with E-state index in [0.29, 0.717) is 11.3 Å². The van der Waals surface area contributed by atoms with Crippen LogP contribution in [0.2, 0.25) is 0 Å². The van der Waals surface area contributed by atoms with Crippen molar-refractivity contribution in [2.24, 2.45) is 0 Å². The number of aromatic nitrogens is 1. The van der Waals surface area contributed by atoms with Gasteiger partial charge in [-0.3, -0.25) is 9.78 Å². The molecule has 116 valence electrons. The summed E-state index contributed by atoms with van der Waals surface area (Å²) in [5, 5.41) is 3.63. The van der Waals surface area contributed by atoms with Gasteiger partial charge in [-0.1, -0.05) is 18.2 Å². The number of halogens is 2. The maximum Gasteiger partial charge on any atom is 0.387 e. The third-order valence-corrected chi connectivity index (χ3v) is 3.19. The summed E-state index contributed by atoms with van der Waals surface area (Å²) in [5.41, 5.74) is 1.72. The fourth-order valence-electron chi connectivity index (χ4n) is 2.13. The molecule has 0 saturated carbocycles. The zero-order valence-corrected chi connectivity index (χ0v) is 11.9. The van der Waals surface area contributed by atoms with Crippen molar-refractivity contribution in [3.63, 3.8) is 0 Å². The van der Waals surface area contributed by atoms with Gasteiger partial charge in [0.15, 0.2) is 0 Å². The number of carbonyl (C=O) groups excluding carboxylic acids is 1. The number of ether oxygens (including phenoxy) is 1. The fourth-order valence-corrected chi connectivity index (χ4v) is 2.13. The second-order valence-electron chi connectivity index (χ2n) is 4.77. The van der Waals surface area contributed by atoms with E-state index in [4.69, 9.17) is 0 Å². The van der Waals surface area contributed by atoms with Crippen molar-refractivity contribution in [3.8, 4) is 5.75 Å². The molecule has 0 atom stereocenters. The third kappa shape index (κ3) is 3.60. The summed E-state index contributed by atoms with van der Waals surface area (Å²) in [4.78, 5) is 16.4. The molecule has 0 fully saturated rings. The predicted octanol–water partition coefficient (Wildman–Crippen LogP) is 4.09. The van der Waals surface area contributed by atoms with Crippen LogP contribution in [0, 0.1) is 0 Å². The van der Waals surface area contributed by atoms with Crippen LogP contribution >= 0.6 is 0 Å². The Labute approximate surface area is 130 Å². The van der Waals surface area contributed by atoms with Crippen LogP contribution in [0.1, 0.15) is 10.4 Å². The average molecular weight is 314 g/mol. The first kappa shape index (κ1) is 14.9. The Hall–Kier alpha value is -3.02. The molecule has 2 aromatic carbocycles. The van der Waals surface area contributed by atoms with Crippen LogP contribution in [-0.4, -0.2) is 17.5 Å². The van der Waals surface area contributed by atoms with Gasteiger partial charge in [0.2, 0.25) is 0 Å². The lowest BCUT2D eigenvalue weighted by Crippen LogP contribution is -2.12. The molecule has 0 aliphatic heterocycles. The highest BCUT2D eigenvalue weighted by Gasteiger charge is 2.09. The Balaban J connectivity index is 1.74. The van der Waals surface area contributed by atoms with Gasteiger partial charge >= 0.3 is 6.61 Å². The van der Waals surface area contributed by atoms with E-state index in [1.165, 1.54) is 24.3 Å². The van der Waals surface area contributed by atoms with Crippen LogP contribution in [0.4, 0.5) is 14.5 Å². The van der Waals surface area contributed by atoms with Gasteiger partial charge in [-0.2, -0.15) is 8.78 Å². The molecule has 0 unspecified atom stereocenters. The number of nitrogens with zero attached hydrogens (tertiary/aromatic N) is 1. The first-order valence-electron chi connectivity index (χ1n) is 6.83. The molecule has 6 heteroatoms. The number of rotatable bonds is 4. The number of fused-ring (bicyclic) bond motifs is 1. The lowest BCUT2D eigenvalue weighted by Gasteiger charge is -2.07. The molecule has 1 N–H and O–H groups in total. The van der Waals surface area contributed by atoms with E-state index < -0.39 is 6.61 Å². The molecule has 3 rings (SSSR count). The fraction of sp³-hybridized carbons (Fsp3) is 0.0588. The van der Waals surface area contributed by atoms with E-state index in [-0.39, 0.29) is 11.7 Å². The Morgan fingerprint density at radius 1 is 1.09 bits per heavy atom. The lowest BCUT2D eigenvalue weighted by molar-refractivity contribution is -0.0498. The van der Waals surface area contributed by atoms with Crippen LogP contribution in [-0.2, 0) is 0 Å². The molecule has 0 radical (unpaired) electrons. The average Bonchev–Trinajstić information content (AvgIpc) is 2.55. The Morgan fingerprint density at radius 2 is 1.83 bits per heavy atom. The van der Waals surface area contributed by atoms with Crippen molar-refractivity contribution in [1.29, 1.82) is 0 Å². The van der Waals surface area contributed by atoms with E-state index >= 15 is 0 Å². The normalized spacial score (nSPS) is 10.7. The van der Waals surface area contributed by atoms with Gasteiger partial charge in [0.05, 0.1) is 17.4 Å². The van der Waals surface area contributed by atoms with E-state index in [1.807, 2.05) is 30.3 Å². The number of amides is 1. The van der Waals surface area contributed by atoms with Gasteiger partial charge < -0.3 is 10.1 Å². The molecule has 4 nitrogen and oxygen atoms in total. The smallest absolute Gasteiger partial charge is 0.387 e. The van der Waals surface area contributed by atoms with Crippen molar-refractivity contribution in [2.75, 3.05) is 5.32 Å². The molecule has 0 saturated heterocycles. The highest BCUT2D eigenvalue weighted by Crippen LogP contribution is 2.18.